The fourth-order valence-electron chi connectivity index (χ4n) is 4.39. The normalized spacial score (nSPS) is 17.2. The van der Waals surface area contributed by atoms with E-state index in [1.165, 1.54) is 0 Å². The Hall–Kier alpha value is -2.94. The van der Waals surface area contributed by atoms with Gasteiger partial charge in [0.05, 0.1) is 38.8 Å². The minimum Gasteiger partial charge on any atom is -0.463 e. The average Bonchev–Trinajstić information content (AvgIpc) is 3.59. The van der Waals surface area contributed by atoms with Gasteiger partial charge in [-0.2, -0.15) is 0 Å². The van der Waals surface area contributed by atoms with Crippen molar-refractivity contribution in [2.24, 2.45) is 0 Å². The lowest BCUT2D eigenvalue weighted by Crippen LogP contribution is -2.35. The topological polar surface area (TPSA) is 75.0 Å². The number of hydrogen-bond acceptors (Lipinski definition) is 6. The second-order valence-corrected chi connectivity index (χ2v) is 9.34. The molecule has 1 fully saturated rings. The van der Waals surface area contributed by atoms with Crippen molar-refractivity contribution in [1.29, 1.82) is 0 Å². The molecule has 1 atom stereocenters. The van der Waals surface area contributed by atoms with Gasteiger partial charge in [-0.15, -0.1) is 11.3 Å². The molecule has 1 N–H and O–H groups in total. The Labute approximate surface area is 196 Å². The number of fused-ring (bicyclic) bond motifs is 1. The number of thiophene rings is 1. The summed E-state index contributed by atoms with van der Waals surface area (Å²) in [6.45, 7) is 4.89. The highest BCUT2D eigenvalue weighted by molar-refractivity contribution is 7.10. The standard InChI is InChI=1S/C25H27N3O4S/c29-24(26-15-19-7-8-20(32-19)17-27-9-11-31-12-10-27)14-22(23-6-3-13-33-23)28-16-18-4-1-2-5-21(18)25(28)30/h1-8,13,22H,9-12,14-17H2,(H,26,29)/t22-/m0/s1. The Morgan fingerprint density at radius 2 is 1.88 bits per heavy atom. The first-order chi connectivity index (χ1) is 16.2. The zero-order valence-corrected chi connectivity index (χ0v) is 19.2. The number of amides is 2. The van der Waals surface area contributed by atoms with Crippen LogP contribution in [-0.4, -0.2) is 47.9 Å². The molecule has 0 aliphatic carbocycles. The SMILES string of the molecule is O=C(C[C@@H](c1cccs1)N1Cc2ccccc2C1=O)NCc1ccc(CN2CCOCC2)o1. The van der Waals surface area contributed by atoms with Crippen LogP contribution in [0.5, 0.6) is 0 Å². The monoisotopic (exact) mass is 465 g/mol. The molecule has 0 unspecified atom stereocenters. The zero-order valence-electron chi connectivity index (χ0n) is 18.4. The smallest absolute Gasteiger partial charge is 0.255 e. The number of carbonyl (C=O) groups is 2. The van der Waals surface area contributed by atoms with Crippen molar-refractivity contribution >= 4 is 23.2 Å². The number of benzene rings is 1. The van der Waals surface area contributed by atoms with Crippen molar-refractivity contribution in [3.8, 4) is 0 Å². The van der Waals surface area contributed by atoms with Gasteiger partial charge < -0.3 is 19.4 Å². The van der Waals surface area contributed by atoms with Gasteiger partial charge in [0.25, 0.3) is 5.91 Å². The summed E-state index contributed by atoms with van der Waals surface area (Å²) in [6, 6.07) is 15.2. The largest absolute Gasteiger partial charge is 0.463 e. The Bertz CT molecular complexity index is 1100. The Balaban J connectivity index is 1.20. The van der Waals surface area contributed by atoms with Gasteiger partial charge in [-0.25, -0.2) is 0 Å². The van der Waals surface area contributed by atoms with Crippen LogP contribution >= 0.6 is 11.3 Å². The van der Waals surface area contributed by atoms with Crippen LogP contribution in [0.2, 0.25) is 0 Å². The van der Waals surface area contributed by atoms with E-state index in [4.69, 9.17) is 9.15 Å². The van der Waals surface area contributed by atoms with Crippen LogP contribution in [0, 0.1) is 0 Å². The number of hydrogen-bond donors (Lipinski definition) is 1. The second kappa shape index (κ2) is 9.91. The Kier molecular flexibility index (Phi) is 6.57. The van der Waals surface area contributed by atoms with Gasteiger partial charge in [-0.3, -0.25) is 14.5 Å². The molecule has 5 rings (SSSR count). The van der Waals surface area contributed by atoms with Gasteiger partial charge in [0.15, 0.2) is 0 Å². The lowest BCUT2D eigenvalue weighted by molar-refractivity contribution is -0.122. The first kappa shape index (κ1) is 21.9. The van der Waals surface area contributed by atoms with E-state index >= 15 is 0 Å². The molecule has 33 heavy (non-hydrogen) atoms. The van der Waals surface area contributed by atoms with Crippen molar-refractivity contribution in [1.82, 2.24) is 15.1 Å². The molecule has 0 bridgehead atoms. The summed E-state index contributed by atoms with van der Waals surface area (Å²) < 4.78 is 11.3. The third-order valence-electron chi connectivity index (χ3n) is 6.14. The van der Waals surface area contributed by atoms with Crippen LogP contribution in [0.25, 0.3) is 0 Å². The summed E-state index contributed by atoms with van der Waals surface area (Å²) in [5, 5.41) is 4.95. The number of rotatable bonds is 8. The molecule has 2 amide bonds. The van der Waals surface area contributed by atoms with Crippen molar-refractivity contribution in [2.75, 3.05) is 26.3 Å². The number of ether oxygens (including phenoxy) is 1. The second-order valence-electron chi connectivity index (χ2n) is 8.36. The van der Waals surface area contributed by atoms with E-state index in [0.29, 0.717) is 13.1 Å². The quantitative estimate of drug-likeness (QED) is 0.551. The van der Waals surface area contributed by atoms with E-state index in [0.717, 1.165) is 60.4 Å². The maximum atomic E-state index is 13.0. The summed E-state index contributed by atoms with van der Waals surface area (Å²) >= 11 is 1.57. The van der Waals surface area contributed by atoms with Crippen molar-refractivity contribution in [3.63, 3.8) is 0 Å². The molecule has 2 aliphatic rings. The van der Waals surface area contributed by atoms with Crippen molar-refractivity contribution in [2.45, 2.75) is 32.1 Å². The molecule has 3 aromatic rings. The van der Waals surface area contributed by atoms with Crippen LogP contribution in [0.1, 0.15) is 44.8 Å². The summed E-state index contributed by atoms with van der Waals surface area (Å²) in [5.41, 5.74) is 1.73. The molecule has 2 aliphatic heterocycles. The molecule has 0 spiro atoms. The molecule has 7 nitrogen and oxygen atoms in total. The maximum absolute atomic E-state index is 13.0. The summed E-state index contributed by atoms with van der Waals surface area (Å²) in [6.07, 6.45) is 0.210. The minimum atomic E-state index is -0.293. The Morgan fingerprint density at radius 1 is 1.06 bits per heavy atom. The number of morpholine rings is 1. The first-order valence-corrected chi connectivity index (χ1v) is 12.1. The highest BCUT2D eigenvalue weighted by Gasteiger charge is 2.34. The maximum Gasteiger partial charge on any atom is 0.255 e. The Morgan fingerprint density at radius 3 is 2.67 bits per heavy atom. The molecule has 1 saturated heterocycles. The molecular weight excluding hydrogens is 438 g/mol. The fourth-order valence-corrected chi connectivity index (χ4v) is 5.23. The third kappa shape index (κ3) is 5.03. The fraction of sp³-hybridized carbons (Fsp3) is 0.360. The van der Waals surface area contributed by atoms with Gasteiger partial charge in [0, 0.05) is 30.1 Å². The zero-order chi connectivity index (χ0) is 22.6. The van der Waals surface area contributed by atoms with E-state index in [1.54, 1.807) is 11.3 Å². The molecule has 2 aromatic heterocycles. The molecule has 1 aromatic carbocycles. The van der Waals surface area contributed by atoms with Gasteiger partial charge in [-0.1, -0.05) is 24.3 Å². The van der Waals surface area contributed by atoms with Crippen molar-refractivity contribution < 1.29 is 18.7 Å². The average molecular weight is 466 g/mol. The number of furan rings is 1. The van der Waals surface area contributed by atoms with E-state index in [-0.39, 0.29) is 24.3 Å². The van der Waals surface area contributed by atoms with Gasteiger partial charge in [0.1, 0.15) is 11.5 Å². The predicted molar refractivity (Wildman–Crippen MR) is 125 cm³/mol. The predicted octanol–water partition coefficient (Wildman–Crippen LogP) is 3.58. The molecule has 0 saturated carbocycles. The van der Waals surface area contributed by atoms with Gasteiger partial charge in [-0.05, 0) is 35.2 Å². The molecule has 8 heteroatoms. The highest BCUT2D eigenvalue weighted by atomic mass is 32.1. The van der Waals surface area contributed by atoms with Crippen LogP contribution in [0.4, 0.5) is 0 Å². The van der Waals surface area contributed by atoms with Crippen LogP contribution in [0.3, 0.4) is 0 Å². The van der Waals surface area contributed by atoms with Gasteiger partial charge >= 0.3 is 0 Å². The van der Waals surface area contributed by atoms with Crippen LogP contribution < -0.4 is 5.32 Å². The summed E-state index contributed by atoms with van der Waals surface area (Å²) in [4.78, 5) is 31.0. The number of carbonyl (C=O) groups excluding carboxylic acids is 2. The number of nitrogens with zero attached hydrogens (tertiary/aromatic N) is 2. The van der Waals surface area contributed by atoms with E-state index < -0.39 is 0 Å². The minimum absolute atomic E-state index is 0.0180. The van der Waals surface area contributed by atoms with Crippen molar-refractivity contribution in [3.05, 3.63) is 81.4 Å². The first-order valence-electron chi connectivity index (χ1n) is 11.2. The van der Waals surface area contributed by atoms with E-state index in [1.807, 2.05) is 58.8 Å². The number of nitrogens with one attached hydrogen (secondary N) is 1. The van der Waals surface area contributed by atoms with E-state index in [9.17, 15) is 9.59 Å². The van der Waals surface area contributed by atoms with Crippen LogP contribution in [0.15, 0.2) is 58.3 Å². The lowest BCUT2D eigenvalue weighted by atomic mass is 10.1. The van der Waals surface area contributed by atoms with Gasteiger partial charge in [0.2, 0.25) is 5.91 Å². The molecular formula is C25H27N3O4S. The molecule has 0 radical (unpaired) electrons. The summed E-state index contributed by atoms with van der Waals surface area (Å²) in [7, 11) is 0. The lowest BCUT2D eigenvalue weighted by Gasteiger charge is -2.26. The van der Waals surface area contributed by atoms with Crippen LogP contribution in [-0.2, 0) is 29.2 Å². The third-order valence-corrected chi connectivity index (χ3v) is 7.11. The molecule has 172 valence electrons. The van der Waals surface area contributed by atoms with E-state index in [2.05, 4.69) is 10.2 Å². The summed E-state index contributed by atoms with van der Waals surface area (Å²) in [5.74, 6) is 1.49. The highest BCUT2D eigenvalue weighted by Crippen LogP contribution is 2.35. The molecule has 4 heterocycles.